The highest BCUT2D eigenvalue weighted by Gasteiger charge is 2.39. The molecule has 1 saturated carbocycles. The molecule has 3 heterocycles. The van der Waals surface area contributed by atoms with Crippen LogP contribution in [0.3, 0.4) is 0 Å². The molecule has 0 radical (unpaired) electrons. The van der Waals surface area contributed by atoms with Crippen LogP contribution in [-0.4, -0.2) is 136 Å². The summed E-state index contributed by atoms with van der Waals surface area (Å²) >= 11 is 0. The van der Waals surface area contributed by atoms with Crippen molar-refractivity contribution < 1.29 is 58.9 Å². The molecule has 1 amide bonds. The first-order valence-corrected chi connectivity index (χ1v) is 21.2. The van der Waals surface area contributed by atoms with E-state index >= 15 is 0 Å². The van der Waals surface area contributed by atoms with Gasteiger partial charge >= 0.3 is 11.9 Å². The molecule has 6 N–H and O–H groups in total. The minimum absolute atomic E-state index is 0.156. The first kappa shape index (κ1) is 47.9. The van der Waals surface area contributed by atoms with Crippen LogP contribution in [0.4, 0.5) is 5.69 Å². The fraction of sp³-hybridized carbons (Fsp3) is 0.565. The first-order chi connectivity index (χ1) is 29.5. The molecule has 2 fully saturated rings. The minimum atomic E-state index is -1.39. The van der Waals surface area contributed by atoms with Crippen molar-refractivity contribution in [2.75, 3.05) is 45.7 Å². The number of nitrogens with zero attached hydrogens (tertiary/aromatic N) is 3. The molecular formula is C46H62N4O12. The molecule has 5 aliphatic rings. The van der Waals surface area contributed by atoms with Crippen LogP contribution in [0.5, 0.6) is 11.5 Å². The summed E-state index contributed by atoms with van der Waals surface area (Å²) in [6.07, 6.45) is 7.85. The van der Waals surface area contributed by atoms with Crippen molar-refractivity contribution >= 4 is 41.1 Å². The number of carbonyl (C=O) groups excluding carboxylic acids is 3. The Balaban J connectivity index is 1.68. The number of hydrogen-bond acceptors (Lipinski definition) is 15. The predicted molar refractivity (Wildman–Crippen MR) is 232 cm³/mol. The summed E-state index contributed by atoms with van der Waals surface area (Å²) in [6.45, 7) is 12.3. The molecule has 16 heteroatoms. The number of hydrogen-bond donors (Lipinski definition) is 6. The number of phenolic OH excluding ortho intramolecular Hbond substituents is 2. The molecule has 16 nitrogen and oxygen atoms in total. The third-order valence-electron chi connectivity index (χ3n) is 12.6. The molecule has 9 atom stereocenters. The molecule has 1 aromatic rings. The van der Waals surface area contributed by atoms with E-state index in [1.54, 1.807) is 39.8 Å². The number of aromatic hydroxyl groups is 2. The third-order valence-corrected chi connectivity index (χ3v) is 12.6. The van der Waals surface area contributed by atoms with E-state index in [1.165, 1.54) is 59.3 Å². The summed E-state index contributed by atoms with van der Waals surface area (Å²) in [7, 11) is 2.67. The van der Waals surface area contributed by atoms with Crippen molar-refractivity contribution in [1.82, 2.24) is 9.91 Å². The fourth-order valence-corrected chi connectivity index (χ4v) is 8.79. The summed E-state index contributed by atoms with van der Waals surface area (Å²) in [4.78, 5) is 42.8. The van der Waals surface area contributed by atoms with Crippen molar-refractivity contribution in [3.05, 3.63) is 52.1 Å². The van der Waals surface area contributed by atoms with Gasteiger partial charge in [-0.2, -0.15) is 5.10 Å². The van der Waals surface area contributed by atoms with Gasteiger partial charge in [0.05, 0.1) is 52.8 Å². The number of anilines is 1. The van der Waals surface area contributed by atoms with Crippen molar-refractivity contribution in [3.8, 4) is 23.3 Å². The maximum Gasteiger partial charge on any atom is 0.343 e. The number of benzene rings is 1. The molecule has 1 saturated heterocycles. The smallest absolute Gasteiger partial charge is 0.343 e. The van der Waals surface area contributed by atoms with E-state index in [0.717, 1.165) is 32.2 Å². The van der Waals surface area contributed by atoms with Gasteiger partial charge in [0.25, 0.3) is 5.91 Å². The molecule has 0 spiro atoms. The molecule has 338 valence electrons. The number of methoxy groups -OCH3 is 2. The van der Waals surface area contributed by atoms with Crippen LogP contribution in [-0.2, 0) is 33.3 Å². The Kier molecular flexibility index (Phi) is 16.4. The number of nitrogens with one attached hydrogen (secondary N) is 1. The molecule has 2 aliphatic carbocycles. The number of fused-ring (bicyclic) bond motifs is 15. The van der Waals surface area contributed by atoms with Crippen LogP contribution >= 0.6 is 0 Å². The number of ether oxygens (including phenoxy) is 4. The zero-order valence-electron chi connectivity index (χ0n) is 36.8. The number of allylic oxidation sites excluding steroid dienone is 2. The van der Waals surface area contributed by atoms with Crippen LogP contribution in [0.15, 0.2) is 41.2 Å². The second kappa shape index (κ2) is 21.3. The fourth-order valence-electron chi connectivity index (χ4n) is 8.79. The first-order valence-electron chi connectivity index (χ1n) is 21.2. The summed E-state index contributed by atoms with van der Waals surface area (Å²) in [5.41, 5.74) is -0.717. The van der Waals surface area contributed by atoms with Crippen LogP contribution in [0, 0.1) is 35.5 Å². The van der Waals surface area contributed by atoms with Crippen molar-refractivity contribution in [2.24, 2.45) is 28.8 Å². The number of phenols is 2. The highest BCUT2D eigenvalue weighted by atomic mass is 16.6. The Morgan fingerprint density at radius 1 is 0.919 bits per heavy atom. The number of aliphatic hydroxyl groups is 3. The Labute approximate surface area is 362 Å². The van der Waals surface area contributed by atoms with E-state index in [-0.39, 0.29) is 27.6 Å². The van der Waals surface area contributed by atoms with E-state index in [1.807, 2.05) is 5.01 Å². The lowest BCUT2D eigenvalue weighted by Crippen LogP contribution is -2.47. The van der Waals surface area contributed by atoms with Gasteiger partial charge in [-0.15, -0.1) is 0 Å². The zero-order valence-corrected chi connectivity index (χ0v) is 36.8. The maximum absolute atomic E-state index is 14.2. The second-order valence-corrected chi connectivity index (χ2v) is 16.7. The highest BCUT2D eigenvalue weighted by Crippen LogP contribution is 2.33. The summed E-state index contributed by atoms with van der Waals surface area (Å²) < 4.78 is 22.6. The summed E-state index contributed by atoms with van der Waals surface area (Å²) in [5.74, 6) is -1.90. The van der Waals surface area contributed by atoms with Crippen molar-refractivity contribution in [1.29, 1.82) is 0 Å². The lowest BCUT2D eigenvalue weighted by Gasteiger charge is -2.38. The zero-order chi connectivity index (χ0) is 45.4. The summed E-state index contributed by atoms with van der Waals surface area (Å²) in [5, 5.41) is 66.6. The predicted octanol–water partition coefficient (Wildman–Crippen LogP) is 2.57. The van der Waals surface area contributed by atoms with E-state index in [4.69, 9.17) is 18.9 Å². The SMILES string of the molecule is COC1C#CC(O)=c2c(O)c3c(/C=N/N4CCN(C5CCCC5)CC4)c(O)c2=C1C(=O)O/C=C/[C@H](OC)[C@@H](C)[C@@H](OC(C)=O)[C@H](C)C(O)[C@H](C)[C@@H](O)[C@@H](C)/C=C/C=C(/C)C(=O)N3. The number of esters is 2. The van der Waals surface area contributed by atoms with E-state index in [2.05, 4.69) is 27.2 Å². The standard InChI is InChI=1S/C46H62N4O12/c1-25-12-11-13-26(2)45(57)48-39-32(24-47-50-21-19-49(20-22-50)31-14-9-10-15-31)42(55)38-36(43(39)56)33(52)16-17-35(60-8)37(38)46(58)61-23-18-34(59-7)27(3)44(62-30(6)51)29(5)41(54)28(4)40(25)53/h11-13,18,23-25,27-29,31,34-35,40-41,44,52-56H,9-10,14-15,19-22H2,1-8H3,(H,48,57)/b12-11+,23-18+,26-13-,47-24+/t25-,27+,28+,29+,34-,35?,40-,41?,44+/m0/s1. The molecule has 3 aliphatic heterocycles. The molecule has 4 bridgehead atoms. The summed E-state index contributed by atoms with van der Waals surface area (Å²) in [6, 6.07) is 0.541. The second-order valence-electron chi connectivity index (χ2n) is 16.7. The molecule has 1 aromatic carbocycles. The van der Waals surface area contributed by atoms with Gasteiger partial charge in [-0.25, -0.2) is 4.79 Å². The Morgan fingerprint density at radius 2 is 1.60 bits per heavy atom. The van der Waals surface area contributed by atoms with Crippen molar-refractivity contribution in [2.45, 2.75) is 104 Å². The highest BCUT2D eigenvalue weighted by molar-refractivity contribution is 6.14. The normalized spacial score (nSPS) is 31.7. The molecule has 2 unspecified atom stereocenters. The van der Waals surface area contributed by atoms with E-state index in [0.29, 0.717) is 19.1 Å². The quantitative estimate of drug-likeness (QED) is 0.0797. The Hall–Kier alpha value is -5.18. The average molecular weight is 863 g/mol. The van der Waals surface area contributed by atoms with Gasteiger partial charge in [0.2, 0.25) is 0 Å². The molecule has 6 rings (SSSR count). The van der Waals surface area contributed by atoms with E-state index in [9.17, 15) is 39.9 Å². The van der Waals surface area contributed by atoms with Crippen LogP contribution in [0.1, 0.15) is 72.8 Å². The number of aliphatic hydroxyl groups excluding tert-OH is 3. The number of rotatable bonds is 6. The van der Waals surface area contributed by atoms with Crippen LogP contribution in [0.2, 0.25) is 0 Å². The monoisotopic (exact) mass is 862 g/mol. The Morgan fingerprint density at radius 3 is 2.23 bits per heavy atom. The van der Waals surface area contributed by atoms with Gasteiger partial charge < -0.3 is 49.8 Å². The van der Waals surface area contributed by atoms with Crippen molar-refractivity contribution in [3.63, 3.8) is 0 Å². The number of amides is 1. The van der Waals surface area contributed by atoms with Gasteiger partial charge in [0.15, 0.2) is 17.6 Å². The minimum Gasteiger partial charge on any atom is -0.507 e. The van der Waals surface area contributed by atoms with Gasteiger partial charge in [-0.3, -0.25) is 19.5 Å². The number of piperazine rings is 1. The third kappa shape index (κ3) is 10.7. The van der Waals surface area contributed by atoms with Gasteiger partial charge in [0.1, 0.15) is 11.9 Å². The average Bonchev–Trinajstić information content (AvgIpc) is 3.75. The Bertz CT molecular complexity index is 2140. The molecule has 62 heavy (non-hydrogen) atoms. The topological polar surface area (TPSA) is 220 Å². The van der Waals surface area contributed by atoms with Gasteiger partial charge in [-0.1, -0.05) is 64.7 Å². The lowest BCUT2D eigenvalue weighted by molar-refractivity contribution is -0.160. The lowest BCUT2D eigenvalue weighted by atomic mass is 9.78. The maximum atomic E-state index is 14.2. The largest absolute Gasteiger partial charge is 0.507 e. The number of hydrazone groups is 1. The molecule has 0 aromatic heterocycles. The number of carbonyl (C=O) groups is 3. The van der Waals surface area contributed by atoms with E-state index < -0.39 is 94.5 Å². The molecular weight excluding hydrogens is 801 g/mol. The van der Waals surface area contributed by atoms with Gasteiger partial charge in [0, 0.05) is 87.8 Å². The van der Waals surface area contributed by atoms with Crippen LogP contribution in [0.25, 0.3) is 11.3 Å². The van der Waals surface area contributed by atoms with Gasteiger partial charge in [-0.05, 0) is 31.8 Å². The van der Waals surface area contributed by atoms with Crippen LogP contribution < -0.4 is 15.8 Å².